The van der Waals surface area contributed by atoms with Gasteiger partial charge in [-0.05, 0) is 23.6 Å². The first-order valence-electron chi connectivity index (χ1n) is 5.80. The lowest BCUT2D eigenvalue weighted by Crippen LogP contribution is -2.29. The highest BCUT2D eigenvalue weighted by Crippen LogP contribution is 2.26. The van der Waals surface area contributed by atoms with Gasteiger partial charge in [0, 0.05) is 23.4 Å². The summed E-state index contributed by atoms with van der Waals surface area (Å²) >= 11 is 5.57. The maximum Gasteiger partial charge on any atom is 0.258 e. The Balaban J connectivity index is 1.87. The van der Waals surface area contributed by atoms with Crippen LogP contribution in [0.4, 0.5) is 0 Å². The zero-order valence-electron chi connectivity index (χ0n) is 10.1. The summed E-state index contributed by atoms with van der Waals surface area (Å²) in [5.41, 5.74) is 3.66. The number of benzene rings is 1. The van der Waals surface area contributed by atoms with Gasteiger partial charge < -0.3 is 0 Å². The SMILES string of the molecule is O=C(NO)C1CC(C/C=C/c2ccccc2S)=NS1. The van der Waals surface area contributed by atoms with Crippen molar-refractivity contribution in [3.8, 4) is 0 Å². The second kappa shape index (κ2) is 6.79. The lowest BCUT2D eigenvalue weighted by atomic mass is 10.1. The van der Waals surface area contributed by atoms with Gasteiger partial charge in [-0.2, -0.15) is 0 Å². The smallest absolute Gasteiger partial charge is 0.258 e. The van der Waals surface area contributed by atoms with E-state index in [2.05, 4.69) is 17.0 Å². The number of amides is 1. The van der Waals surface area contributed by atoms with Gasteiger partial charge in [0.2, 0.25) is 0 Å². The molecule has 0 spiro atoms. The Morgan fingerprint density at radius 1 is 1.58 bits per heavy atom. The number of carbonyl (C=O) groups excluding carboxylic acids is 1. The van der Waals surface area contributed by atoms with Crippen LogP contribution in [0, 0.1) is 0 Å². The summed E-state index contributed by atoms with van der Waals surface area (Å²) in [4.78, 5) is 12.1. The van der Waals surface area contributed by atoms with E-state index in [9.17, 15) is 4.79 Å². The highest BCUT2D eigenvalue weighted by atomic mass is 32.2. The molecule has 1 aliphatic heterocycles. The van der Waals surface area contributed by atoms with Crippen LogP contribution in [0.5, 0.6) is 0 Å². The molecule has 1 aromatic carbocycles. The number of carbonyl (C=O) groups is 1. The van der Waals surface area contributed by atoms with Gasteiger partial charge >= 0.3 is 0 Å². The third kappa shape index (κ3) is 3.86. The molecule has 1 unspecified atom stereocenters. The van der Waals surface area contributed by atoms with Crippen LogP contribution in [-0.4, -0.2) is 22.1 Å². The first-order chi connectivity index (χ1) is 9.20. The monoisotopic (exact) mass is 294 g/mol. The first kappa shape index (κ1) is 14.2. The molecule has 2 rings (SSSR count). The summed E-state index contributed by atoms with van der Waals surface area (Å²) in [6.07, 6.45) is 5.27. The van der Waals surface area contributed by atoms with Gasteiger partial charge in [-0.1, -0.05) is 30.4 Å². The van der Waals surface area contributed by atoms with Crippen molar-refractivity contribution in [2.45, 2.75) is 23.0 Å². The summed E-state index contributed by atoms with van der Waals surface area (Å²) in [5, 5.41) is 8.24. The first-order valence-corrected chi connectivity index (χ1v) is 7.09. The molecule has 4 nitrogen and oxygen atoms in total. The molecule has 0 saturated heterocycles. The Labute approximate surface area is 121 Å². The molecule has 19 heavy (non-hydrogen) atoms. The Hall–Kier alpha value is -1.24. The lowest BCUT2D eigenvalue weighted by Gasteiger charge is -2.03. The Bertz CT molecular complexity index is 529. The van der Waals surface area contributed by atoms with Crippen LogP contribution in [0.1, 0.15) is 18.4 Å². The fourth-order valence-electron chi connectivity index (χ4n) is 1.71. The molecule has 1 heterocycles. The summed E-state index contributed by atoms with van der Waals surface area (Å²) < 4.78 is 4.23. The Morgan fingerprint density at radius 3 is 3.11 bits per heavy atom. The topological polar surface area (TPSA) is 61.7 Å². The Kier molecular flexibility index (Phi) is 5.07. The molecule has 0 radical (unpaired) electrons. The highest BCUT2D eigenvalue weighted by molar-refractivity contribution is 7.99. The van der Waals surface area contributed by atoms with Gasteiger partial charge in [-0.3, -0.25) is 10.0 Å². The number of thiol groups is 1. The standard InChI is InChI=1S/C13H14N2O2S2/c16-13(14-17)12-8-10(15-19-12)6-3-5-9-4-1-2-7-11(9)18/h1-5,7,12,17-18H,6,8H2,(H,14,16)/b5-3+. The van der Waals surface area contributed by atoms with Crippen molar-refractivity contribution in [1.82, 2.24) is 5.48 Å². The molecule has 1 atom stereocenters. The van der Waals surface area contributed by atoms with Crippen LogP contribution in [0.3, 0.4) is 0 Å². The second-order valence-corrected chi connectivity index (χ2v) is 5.54. The van der Waals surface area contributed by atoms with E-state index < -0.39 is 5.91 Å². The van der Waals surface area contributed by atoms with Crippen LogP contribution < -0.4 is 5.48 Å². The van der Waals surface area contributed by atoms with Gasteiger partial charge in [0.05, 0.1) is 0 Å². The molecule has 0 aromatic heterocycles. The molecule has 1 aliphatic rings. The molecule has 6 heteroatoms. The van der Waals surface area contributed by atoms with Crippen LogP contribution in [0.15, 0.2) is 39.6 Å². The van der Waals surface area contributed by atoms with E-state index in [4.69, 9.17) is 5.21 Å². The molecule has 100 valence electrons. The van der Waals surface area contributed by atoms with E-state index >= 15 is 0 Å². The lowest BCUT2D eigenvalue weighted by molar-refractivity contribution is -0.128. The summed E-state index contributed by atoms with van der Waals surface area (Å²) in [7, 11) is 0. The molecule has 0 bridgehead atoms. The highest BCUT2D eigenvalue weighted by Gasteiger charge is 2.25. The molecule has 1 amide bonds. The largest absolute Gasteiger partial charge is 0.289 e. The molecule has 0 fully saturated rings. The zero-order chi connectivity index (χ0) is 13.7. The van der Waals surface area contributed by atoms with Crippen LogP contribution in [0.25, 0.3) is 6.08 Å². The molecule has 1 aromatic rings. The van der Waals surface area contributed by atoms with E-state index in [1.165, 1.54) is 11.9 Å². The van der Waals surface area contributed by atoms with Crippen molar-refractivity contribution >= 4 is 42.3 Å². The minimum Gasteiger partial charge on any atom is -0.289 e. The molecular formula is C13H14N2O2S2. The number of hydroxylamine groups is 1. The molecule has 0 saturated carbocycles. The van der Waals surface area contributed by atoms with E-state index in [-0.39, 0.29) is 5.25 Å². The fourth-order valence-corrected chi connectivity index (χ4v) is 2.79. The molecular weight excluding hydrogens is 280 g/mol. The summed E-state index contributed by atoms with van der Waals surface area (Å²) in [6, 6.07) is 7.83. The quantitative estimate of drug-likeness (QED) is 0.346. The van der Waals surface area contributed by atoms with Gasteiger partial charge in [-0.25, -0.2) is 9.88 Å². The fraction of sp³-hybridized carbons (Fsp3) is 0.231. The number of hydrogen-bond donors (Lipinski definition) is 3. The van der Waals surface area contributed by atoms with Gasteiger partial charge in [-0.15, -0.1) is 12.6 Å². The maximum atomic E-state index is 11.2. The van der Waals surface area contributed by atoms with Gasteiger partial charge in [0.25, 0.3) is 5.91 Å². The minimum atomic E-state index is -0.395. The normalized spacial score (nSPS) is 18.6. The van der Waals surface area contributed by atoms with E-state index in [0.717, 1.165) is 16.2 Å². The number of hydrogen-bond acceptors (Lipinski definition) is 5. The van der Waals surface area contributed by atoms with Crippen molar-refractivity contribution in [1.29, 1.82) is 0 Å². The third-order valence-electron chi connectivity index (χ3n) is 2.72. The van der Waals surface area contributed by atoms with E-state index in [0.29, 0.717) is 12.8 Å². The average molecular weight is 294 g/mol. The Morgan fingerprint density at radius 2 is 2.37 bits per heavy atom. The predicted molar refractivity (Wildman–Crippen MR) is 80.7 cm³/mol. The average Bonchev–Trinajstić information content (AvgIpc) is 2.89. The van der Waals surface area contributed by atoms with E-state index in [1.807, 2.05) is 36.4 Å². The summed E-state index contributed by atoms with van der Waals surface area (Å²) in [6.45, 7) is 0. The minimum absolute atomic E-state index is 0.314. The van der Waals surface area contributed by atoms with Crippen molar-refractivity contribution in [3.63, 3.8) is 0 Å². The summed E-state index contributed by atoms with van der Waals surface area (Å²) in [5.74, 6) is -0.395. The van der Waals surface area contributed by atoms with Gasteiger partial charge in [0.15, 0.2) is 0 Å². The second-order valence-electron chi connectivity index (χ2n) is 4.10. The van der Waals surface area contributed by atoms with Crippen molar-refractivity contribution < 1.29 is 10.0 Å². The zero-order valence-corrected chi connectivity index (χ0v) is 11.8. The van der Waals surface area contributed by atoms with Crippen molar-refractivity contribution in [2.24, 2.45) is 4.40 Å². The van der Waals surface area contributed by atoms with Crippen LogP contribution >= 0.6 is 24.6 Å². The van der Waals surface area contributed by atoms with Crippen LogP contribution in [-0.2, 0) is 4.79 Å². The van der Waals surface area contributed by atoms with Crippen LogP contribution in [0.2, 0.25) is 0 Å². The molecule has 2 N–H and O–H groups in total. The third-order valence-corrected chi connectivity index (χ3v) is 4.13. The van der Waals surface area contributed by atoms with Crippen molar-refractivity contribution in [3.05, 3.63) is 35.9 Å². The van der Waals surface area contributed by atoms with Crippen molar-refractivity contribution in [2.75, 3.05) is 0 Å². The number of allylic oxidation sites excluding steroid dienone is 1. The van der Waals surface area contributed by atoms with E-state index in [1.54, 1.807) is 5.48 Å². The predicted octanol–water partition coefficient (Wildman–Crippen LogP) is 2.75. The number of rotatable bonds is 4. The maximum absolute atomic E-state index is 11.2. The number of nitrogens with one attached hydrogen (secondary N) is 1. The molecule has 0 aliphatic carbocycles. The van der Waals surface area contributed by atoms with Gasteiger partial charge in [0.1, 0.15) is 5.25 Å². The number of nitrogens with zero attached hydrogens (tertiary/aromatic N) is 1.